The SMILES string of the molecule is CCCC(CCC)COC(=O)CC(C)N(CC)CC. The molecule has 1 atom stereocenters. The summed E-state index contributed by atoms with van der Waals surface area (Å²) in [6, 6.07) is 0.276. The summed E-state index contributed by atoms with van der Waals surface area (Å²) in [5.41, 5.74) is 0. The third-order valence-electron chi connectivity index (χ3n) is 3.77. The molecule has 0 spiro atoms. The molecule has 0 N–H and O–H groups in total. The van der Waals surface area contributed by atoms with Crippen molar-refractivity contribution in [2.24, 2.45) is 5.92 Å². The fourth-order valence-electron chi connectivity index (χ4n) is 2.61. The van der Waals surface area contributed by atoms with E-state index in [2.05, 4.69) is 39.5 Å². The molecule has 0 aromatic heterocycles. The summed E-state index contributed by atoms with van der Waals surface area (Å²) >= 11 is 0. The van der Waals surface area contributed by atoms with Crippen molar-refractivity contribution in [2.45, 2.75) is 72.8 Å². The van der Waals surface area contributed by atoms with Crippen LogP contribution in [0.4, 0.5) is 0 Å². The molecule has 0 saturated heterocycles. The Labute approximate surface area is 119 Å². The molecule has 19 heavy (non-hydrogen) atoms. The van der Waals surface area contributed by atoms with Crippen LogP contribution in [0.1, 0.15) is 66.7 Å². The number of hydrogen-bond donors (Lipinski definition) is 0. The van der Waals surface area contributed by atoms with Crippen molar-refractivity contribution in [3.8, 4) is 0 Å². The Balaban J connectivity index is 4.01. The van der Waals surface area contributed by atoms with Gasteiger partial charge in [0.1, 0.15) is 0 Å². The van der Waals surface area contributed by atoms with E-state index in [9.17, 15) is 4.79 Å². The standard InChI is InChI=1S/C16H33NO2/c1-6-10-15(11-7-2)13-19-16(18)12-14(5)17(8-3)9-4/h14-15H,6-13H2,1-5H3. The molecule has 1 unspecified atom stereocenters. The number of esters is 1. The average molecular weight is 271 g/mol. The Bertz CT molecular complexity index is 221. The summed E-state index contributed by atoms with van der Waals surface area (Å²) < 4.78 is 5.45. The molecule has 0 aliphatic heterocycles. The fourth-order valence-corrected chi connectivity index (χ4v) is 2.61. The molecule has 0 aromatic carbocycles. The second-order valence-electron chi connectivity index (χ2n) is 5.40. The average Bonchev–Trinajstić information content (AvgIpc) is 2.38. The molecule has 0 aliphatic carbocycles. The van der Waals surface area contributed by atoms with E-state index in [1.807, 2.05) is 0 Å². The maximum Gasteiger partial charge on any atom is 0.307 e. The quantitative estimate of drug-likeness (QED) is 0.534. The number of rotatable bonds is 11. The summed E-state index contributed by atoms with van der Waals surface area (Å²) in [5.74, 6) is 0.499. The van der Waals surface area contributed by atoms with E-state index in [0.29, 0.717) is 18.9 Å². The van der Waals surface area contributed by atoms with Crippen LogP contribution < -0.4 is 0 Å². The Kier molecular flexibility index (Phi) is 10.9. The van der Waals surface area contributed by atoms with Crippen LogP contribution >= 0.6 is 0 Å². The highest BCUT2D eigenvalue weighted by molar-refractivity contribution is 5.70. The van der Waals surface area contributed by atoms with Gasteiger partial charge in [-0.2, -0.15) is 0 Å². The number of carbonyl (C=O) groups is 1. The third-order valence-corrected chi connectivity index (χ3v) is 3.77. The number of nitrogens with zero attached hydrogens (tertiary/aromatic N) is 1. The molecule has 0 bridgehead atoms. The summed E-state index contributed by atoms with van der Waals surface area (Å²) in [7, 11) is 0. The normalized spacial score (nSPS) is 13.0. The van der Waals surface area contributed by atoms with E-state index in [1.165, 1.54) is 0 Å². The van der Waals surface area contributed by atoms with Crippen LogP contribution in [-0.4, -0.2) is 36.6 Å². The highest BCUT2D eigenvalue weighted by Gasteiger charge is 2.16. The van der Waals surface area contributed by atoms with Crippen molar-refractivity contribution >= 4 is 5.97 Å². The highest BCUT2D eigenvalue weighted by atomic mass is 16.5. The van der Waals surface area contributed by atoms with Gasteiger partial charge in [-0.25, -0.2) is 0 Å². The van der Waals surface area contributed by atoms with Crippen LogP contribution in [0.15, 0.2) is 0 Å². The van der Waals surface area contributed by atoms with Crippen molar-refractivity contribution in [2.75, 3.05) is 19.7 Å². The second-order valence-corrected chi connectivity index (χ2v) is 5.40. The maximum atomic E-state index is 11.9. The largest absolute Gasteiger partial charge is 0.465 e. The zero-order chi connectivity index (χ0) is 14.7. The smallest absolute Gasteiger partial charge is 0.307 e. The van der Waals surface area contributed by atoms with Crippen LogP contribution in [0.25, 0.3) is 0 Å². The van der Waals surface area contributed by atoms with Crippen molar-refractivity contribution in [1.29, 1.82) is 0 Å². The first-order chi connectivity index (χ1) is 9.08. The lowest BCUT2D eigenvalue weighted by atomic mass is 9.99. The molecular formula is C16H33NO2. The van der Waals surface area contributed by atoms with Crippen LogP contribution in [0.3, 0.4) is 0 Å². The van der Waals surface area contributed by atoms with Crippen LogP contribution in [0.5, 0.6) is 0 Å². The lowest BCUT2D eigenvalue weighted by molar-refractivity contribution is -0.146. The van der Waals surface area contributed by atoms with Gasteiger partial charge in [0.15, 0.2) is 0 Å². The van der Waals surface area contributed by atoms with Crippen molar-refractivity contribution < 1.29 is 9.53 Å². The number of ether oxygens (including phenoxy) is 1. The first kappa shape index (κ1) is 18.4. The van der Waals surface area contributed by atoms with Gasteiger partial charge in [-0.05, 0) is 38.8 Å². The summed E-state index contributed by atoms with van der Waals surface area (Å²) in [6.07, 6.45) is 5.15. The van der Waals surface area contributed by atoms with E-state index in [1.54, 1.807) is 0 Å². The summed E-state index contributed by atoms with van der Waals surface area (Å²) in [5, 5.41) is 0. The Morgan fingerprint density at radius 3 is 2.00 bits per heavy atom. The molecule has 0 rings (SSSR count). The fraction of sp³-hybridized carbons (Fsp3) is 0.938. The van der Waals surface area contributed by atoms with E-state index >= 15 is 0 Å². The summed E-state index contributed by atoms with van der Waals surface area (Å²) in [4.78, 5) is 14.1. The zero-order valence-electron chi connectivity index (χ0n) is 13.6. The Hall–Kier alpha value is -0.570. The predicted molar refractivity (Wildman–Crippen MR) is 81.3 cm³/mol. The summed E-state index contributed by atoms with van der Waals surface area (Å²) in [6.45, 7) is 13.3. The number of carbonyl (C=O) groups excluding carboxylic acids is 1. The molecule has 0 heterocycles. The minimum absolute atomic E-state index is 0.0448. The Morgan fingerprint density at radius 2 is 1.58 bits per heavy atom. The molecule has 3 nitrogen and oxygen atoms in total. The topological polar surface area (TPSA) is 29.5 Å². The van der Waals surface area contributed by atoms with Crippen molar-refractivity contribution in [3.05, 3.63) is 0 Å². The minimum Gasteiger partial charge on any atom is -0.465 e. The molecule has 114 valence electrons. The number of hydrogen-bond acceptors (Lipinski definition) is 3. The molecule has 0 amide bonds. The molecule has 0 aromatic rings. The van der Waals surface area contributed by atoms with Gasteiger partial charge in [0.25, 0.3) is 0 Å². The van der Waals surface area contributed by atoms with Gasteiger partial charge >= 0.3 is 5.97 Å². The molecule has 0 fully saturated rings. The minimum atomic E-state index is -0.0448. The van der Waals surface area contributed by atoms with E-state index in [-0.39, 0.29) is 12.0 Å². The molecule has 0 saturated carbocycles. The van der Waals surface area contributed by atoms with Gasteiger partial charge in [0.2, 0.25) is 0 Å². The Morgan fingerprint density at radius 1 is 1.05 bits per heavy atom. The van der Waals surface area contributed by atoms with Crippen molar-refractivity contribution in [1.82, 2.24) is 4.90 Å². The van der Waals surface area contributed by atoms with Gasteiger partial charge in [0, 0.05) is 6.04 Å². The lowest BCUT2D eigenvalue weighted by Crippen LogP contribution is -2.35. The van der Waals surface area contributed by atoms with Gasteiger partial charge in [-0.3, -0.25) is 4.79 Å². The van der Waals surface area contributed by atoms with Crippen LogP contribution in [0.2, 0.25) is 0 Å². The van der Waals surface area contributed by atoms with Gasteiger partial charge in [-0.15, -0.1) is 0 Å². The highest BCUT2D eigenvalue weighted by Crippen LogP contribution is 2.14. The lowest BCUT2D eigenvalue weighted by Gasteiger charge is -2.25. The zero-order valence-corrected chi connectivity index (χ0v) is 13.6. The molecule has 3 heteroatoms. The van der Waals surface area contributed by atoms with Gasteiger partial charge in [0.05, 0.1) is 13.0 Å². The maximum absolute atomic E-state index is 11.9. The second kappa shape index (κ2) is 11.3. The third kappa shape index (κ3) is 8.25. The molecular weight excluding hydrogens is 238 g/mol. The van der Waals surface area contributed by atoms with E-state index in [0.717, 1.165) is 38.8 Å². The predicted octanol–water partition coefficient (Wildman–Crippen LogP) is 3.87. The van der Waals surface area contributed by atoms with Crippen LogP contribution in [0, 0.1) is 5.92 Å². The first-order valence-corrected chi connectivity index (χ1v) is 7.98. The van der Waals surface area contributed by atoms with Gasteiger partial charge in [-0.1, -0.05) is 40.5 Å². The van der Waals surface area contributed by atoms with E-state index in [4.69, 9.17) is 4.74 Å². The molecule has 0 aliphatic rings. The van der Waals surface area contributed by atoms with Crippen molar-refractivity contribution in [3.63, 3.8) is 0 Å². The van der Waals surface area contributed by atoms with E-state index < -0.39 is 0 Å². The van der Waals surface area contributed by atoms with Crippen LogP contribution in [-0.2, 0) is 9.53 Å². The van der Waals surface area contributed by atoms with Gasteiger partial charge < -0.3 is 9.64 Å². The first-order valence-electron chi connectivity index (χ1n) is 7.98. The molecule has 0 radical (unpaired) electrons. The monoisotopic (exact) mass is 271 g/mol.